The SMILES string of the molecule is C[C@H]1CN([C@@H](C)CO)C(=O)c2cccc(NC(=O)CCCCCC(=O)Nc3ccccc3N)c2O[C@@H]1CN(C)Cc1ccc(C(F)(F)F)cc1. The van der Waals surface area contributed by atoms with Gasteiger partial charge in [0.05, 0.1) is 40.8 Å². The summed E-state index contributed by atoms with van der Waals surface area (Å²) in [7, 11) is 1.83. The topological polar surface area (TPSA) is 137 Å². The van der Waals surface area contributed by atoms with E-state index in [9.17, 15) is 32.7 Å². The summed E-state index contributed by atoms with van der Waals surface area (Å²) in [5.41, 5.74) is 7.49. The van der Waals surface area contributed by atoms with E-state index >= 15 is 0 Å². The molecule has 0 fully saturated rings. The number of aliphatic hydroxyl groups excluding tert-OH is 1. The third-order valence-corrected chi connectivity index (χ3v) is 8.73. The van der Waals surface area contributed by atoms with Crippen LogP contribution in [0.5, 0.6) is 5.75 Å². The van der Waals surface area contributed by atoms with Crippen molar-refractivity contribution in [1.82, 2.24) is 9.80 Å². The van der Waals surface area contributed by atoms with E-state index in [1.54, 1.807) is 54.3 Å². The molecule has 0 radical (unpaired) electrons. The number of amides is 3. The Kier molecular flexibility index (Phi) is 13.3. The molecule has 0 aromatic heterocycles. The lowest BCUT2D eigenvalue weighted by atomic mass is 9.98. The van der Waals surface area contributed by atoms with Crippen LogP contribution in [0.2, 0.25) is 0 Å². The molecule has 3 amide bonds. The molecule has 3 aromatic carbocycles. The number of hydrogen-bond donors (Lipinski definition) is 4. The molecule has 4 rings (SSSR count). The van der Waals surface area contributed by atoms with Gasteiger partial charge in [0.25, 0.3) is 5.91 Å². The van der Waals surface area contributed by atoms with Gasteiger partial charge < -0.3 is 31.1 Å². The maximum Gasteiger partial charge on any atom is 0.416 e. The summed E-state index contributed by atoms with van der Waals surface area (Å²) in [5.74, 6) is -0.762. The third-order valence-electron chi connectivity index (χ3n) is 8.73. The van der Waals surface area contributed by atoms with E-state index in [1.165, 1.54) is 12.1 Å². The fourth-order valence-electron chi connectivity index (χ4n) is 5.83. The van der Waals surface area contributed by atoms with Crippen molar-refractivity contribution in [2.24, 2.45) is 5.92 Å². The Morgan fingerprint density at radius 3 is 2.22 bits per heavy atom. The monoisotopic (exact) mass is 697 g/mol. The zero-order valence-electron chi connectivity index (χ0n) is 28.6. The highest BCUT2D eigenvalue weighted by molar-refractivity contribution is 6.01. The maximum atomic E-state index is 13.8. The van der Waals surface area contributed by atoms with E-state index in [-0.39, 0.29) is 54.4 Å². The lowest BCUT2D eigenvalue weighted by molar-refractivity contribution is -0.137. The van der Waals surface area contributed by atoms with Crippen molar-refractivity contribution in [3.63, 3.8) is 0 Å². The van der Waals surface area contributed by atoms with E-state index in [0.717, 1.165) is 12.1 Å². The van der Waals surface area contributed by atoms with Crippen LogP contribution < -0.4 is 21.1 Å². The lowest BCUT2D eigenvalue weighted by Gasteiger charge is -2.38. The number of rotatable bonds is 14. The molecule has 13 heteroatoms. The van der Waals surface area contributed by atoms with Crippen LogP contribution in [0.25, 0.3) is 0 Å². The van der Waals surface area contributed by atoms with Crippen molar-refractivity contribution < 1.29 is 37.4 Å². The number of halogens is 3. The molecule has 0 unspecified atom stereocenters. The number of anilines is 3. The third kappa shape index (κ3) is 10.4. The number of nitrogen functional groups attached to an aromatic ring is 1. The Balaban J connectivity index is 1.42. The summed E-state index contributed by atoms with van der Waals surface area (Å²) >= 11 is 0. The van der Waals surface area contributed by atoms with E-state index < -0.39 is 23.9 Å². The van der Waals surface area contributed by atoms with Crippen molar-refractivity contribution >= 4 is 34.8 Å². The Morgan fingerprint density at radius 2 is 1.60 bits per heavy atom. The number of benzene rings is 3. The number of nitrogens with one attached hydrogen (secondary N) is 2. The van der Waals surface area contributed by atoms with Gasteiger partial charge in [-0.2, -0.15) is 13.2 Å². The first-order valence-corrected chi connectivity index (χ1v) is 16.8. The van der Waals surface area contributed by atoms with Crippen molar-refractivity contribution in [2.45, 2.75) is 70.8 Å². The predicted octanol–water partition coefficient (Wildman–Crippen LogP) is 6.17. The highest BCUT2D eigenvalue weighted by Crippen LogP contribution is 2.35. The minimum absolute atomic E-state index is 0.157. The summed E-state index contributed by atoms with van der Waals surface area (Å²) in [4.78, 5) is 42.7. The van der Waals surface area contributed by atoms with Gasteiger partial charge in [0.2, 0.25) is 11.8 Å². The first-order valence-electron chi connectivity index (χ1n) is 16.8. The zero-order chi connectivity index (χ0) is 36.4. The lowest BCUT2D eigenvalue weighted by Crippen LogP contribution is -2.49. The van der Waals surface area contributed by atoms with Gasteiger partial charge in [-0.1, -0.05) is 43.7 Å². The number of para-hydroxylation sites is 3. The first kappa shape index (κ1) is 38.2. The van der Waals surface area contributed by atoms with Crippen molar-refractivity contribution in [2.75, 3.05) is 43.1 Å². The fraction of sp³-hybridized carbons (Fsp3) is 0.432. The van der Waals surface area contributed by atoms with Crippen LogP contribution in [0.1, 0.15) is 67.4 Å². The molecule has 10 nitrogen and oxygen atoms in total. The van der Waals surface area contributed by atoms with Crippen molar-refractivity contribution in [3.05, 3.63) is 83.4 Å². The van der Waals surface area contributed by atoms with Gasteiger partial charge in [-0.15, -0.1) is 0 Å². The second kappa shape index (κ2) is 17.3. The quantitative estimate of drug-likeness (QED) is 0.117. The van der Waals surface area contributed by atoms with Gasteiger partial charge in [0, 0.05) is 38.4 Å². The smallest absolute Gasteiger partial charge is 0.416 e. The van der Waals surface area contributed by atoms with Crippen molar-refractivity contribution in [3.8, 4) is 5.75 Å². The number of likely N-dealkylation sites (N-methyl/N-ethyl adjacent to an activating group) is 1. The minimum atomic E-state index is -4.42. The van der Waals surface area contributed by atoms with E-state index in [0.29, 0.717) is 61.5 Å². The molecular weight excluding hydrogens is 651 g/mol. The average Bonchev–Trinajstić information content (AvgIpc) is 3.07. The summed E-state index contributed by atoms with van der Waals surface area (Å²) in [6, 6.07) is 16.5. The average molecular weight is 698 g/mol. The second-order valence-electron chi connectivity index (χ2n) is 12.9. The highest BCUT2D eigenvalue weighted by Gasteiger charge is 2.35. The zero-order valence-corrected chi connectivity index (χ0v) is 28.6. The number of fused-ring (bicyclic) bond motifs is 1. The molecule has 50 heavy (non-hydrogen) atoms. The summed E-state index contributed by atoms with van der Waals surface area (Å²) in [5, 5.41) is 15.7. The number of carbonyl (C=O) groups is 3. The predicted molar refractivity (Wildman–Crippen MR) is 187 cm³/mol. The number of carbonyl (C=O) groups excluding carboxylic acids is 3. The minimum Gasteiger partial charge on any atom is -0.486 e. The van der Waals surface area contributed by atoms with E-state index in [2.05, 4.69) is 10.6 Å². The van der Waals surface area contributed by atoms with Crippen LogP contribution >= 0.6 is 0 Å². The number of hydrogen-bond acceptors (Lipinski definition) is 7. The Labute approximate surface area is 290 Å². The number of ether oxygens (including phenoxy) is 1. The fourth-order valence-corrected chi connectivity index (χ4v) is 5.83. The maximum absolute atomic E-state index is 13.8. The molecule has 3 aromatic rings. The van der Waals surface area contributed by atoms with Gasteiger partial charge in [-0.25, -0.2) is 0 Å². The number of nitrogens with zero attached hydrogens (tertiary/aromatic N) is 2. The summed E-state index contributed by atoms with van der Waals surface area (Å²) in [6.07, 6.45) is -2.66. The number of aliphatic hydroxyl groups is 1. The Hall–Kier alpha value is -4.62. The molecule has 3 atom stereocenters. The molecule has 0 spiro atoms. The number of unbranched alkanes of at least 4 members (excludes halogenated alkanes) is 2. The van der Waals surface area contributed by atoms with E-state index in [4.69, 9.17) is 10.5 Å². The van der Waals surface area contributed by atoms with Gasteiger partial charge >= 0.3 is 6.18 Å². The molecule has 1 heterocycles. The highest BCUT2D eigenvalue weighted by atomic mass is 19.4. The first-order chi connectivity index (χ1) is 23.8. The summed E-state index contributed by atoms with van der Waals surface area (Å²) < 4.78 is 45.7. The largest absolute Gasteiger partial charge is 0.486 e. The molecule has 0 saturated heterocycles. The second-order valence-corrected chi connectivity index (χ2v) is 12.9. The van der Waals surface area contributed by atoms with Gasteiger partial charge in [-0.3, -0.25) is 19.3 Å². The molecular formula is C37H46F3N5O5. The van der Waals surface area contributed by atoms with E-state index in [1.807, 2.05) is 18.9 Å². The molecule has 0 aliphatic carbocycles. The van der Waals surface area contributed by atoms with Gasteiger partial charge in [0.1, 0.15) is 6.10 Å². The van der Waals surface area contributed by atoms with Crippen molar-refractivity contribution in [1.29, 1.82) is 0 Å². The van der Waals surface area contributed by atoms with Crippen LogP contribution in [0.4, 0.5) is 30.2 Å². The molecule has 0 bridgehead atoms. The van der Waals surface area contributed by atoms with Gasteiger partial charge in [-0.05, 0) is 68.8 Å². The van der Waals surface area contributed by atoms with Gasteiger partial charge in [0.15, 0.2) is 5.75 Å². The Morgan fingerprint density at radius 1 is 0.980 bits per heavy atom. The van der Waals surface area contributed by atoms with Crippen LogP contribution in [-0.2, 0) is 22.3 Å². The molecule has 1 aliphatic heterocycles. The van der Waals surface area contributed by atoms with Crippen LogP contribution in [0, 0.1) is 5.92 Å². The van der Waals surface area contributed by atoms with Crippen LogP contribution in [0.3, 0.4) is 0 Å². The molecule has 0 saturated carbocycles. The molecule has 1 aliphatic rings. The normalized spacial score (nSPS) is 17.0. The summed E-state index contributed by atoms with van der Waals surface area (Å²) in [6.45, 7) is 4.46. The Bertz CT molecular complexity index is 1620. The molecule has 270 valence electrons. The number of alkyl halides is 3. The van der Waals surface area contributed by atoms with Crippen LogP contribution in [-0.4, -0.2) is 71.5 Å². The molecule has 5 N–H and O–H groups in total. The van der Waals surface area contributed by atoms with Crippen LogP contribution in [0.15, 0.2) is 66.7 Å². The standard InChI is InChI=1S/C37H46F3N5O5/c1-24-20-45(25(2)23-46)36(49)28-10-9-13-31(43-34(48)15-6-4-5-14-33(47)42-30-12-8-7-11-29(30)41)35(28)50-32(24)22-44(3)21-26-16-18-27(19-17-26)37(38,39)40/h7-13,16-19,24-25,32,46H,4-6,14-15,20-23,41H2,1-3H3,(H,42,47)(H,43,48)/t24-,25-,32+/m0/s1. The number of nitrogens with two attached hydrogens (primary N) is 1.